The summed E-state index contributed by atoms with van der Waals surface area (Å²) >= 11 is 0. The van der Waals surface area contributed by atoms with Crippen LogP contribution in [0.2, 0.25) is 0 Å². The molecule has 0 saturated carbocycles. The van der Waals surface area contributed by atoms with Crippen LogP contribution in [0.3, 0.4) is 0 Å². The van der Waals surface area contributed by atoms with Crippen molar-refractivity contribution in [1.29, 1.82) is 0 Å². The molecule has 0 saturated heterocycles. The number of rotatable bonds is 5. The fourth-order valence-corrected chi connectivity index (χ4v) is 2.93. The summed E-state index contributed by atoms with van der Waals surface area (Å²) in [6, 6.07) is 12.3. The lowest BCUT2D eigenvalue weighted by atomic mass is 10.0. The average Bonchev–Trinajstić information content (AvgIpc) is 3.02. The van der Waals surface area contributed by atoms with Gasteiger partial charge in [0.25, 0.3) is 5.72 Å². The van der Waals surface area contributed by atoms with Crippen molar-refractivity contribution < 1.29 is 23.1 Å². The lowest BCUT2D eigenvalue weighted by Gasteiger charge is -2.32. The summed E-state index contributed by atoms with van der Waals surface area (Å²) < 4.78 is 40.5. The van der Waals surface area contributed by atoms with Crippen LogP contribution >= 0.6 is 0 Å². The fraction of sp³-hybridized carbons (Fsp3) is 0.316. The molecule has 0 aliphatic carbocycles. The fourth-order valence-electron chi connectivity index (χ4n) is 2.93. The van der Waals surface area contributed by atoms with Gasteiger partial charge in [-0.05, 0) is 30.5 Å². The van der Waals surface area contributed by atoms with Crippen LogP contribution in [0.15, 0.2) is 60.0 Å². The van der Waals surface area contributed by atoms with Crippen molar-refractivity contribution in [3.8, 4) is 0 Å². The second-order valence-corrected chi connectivity index (χ2v) is 6.32. The molecule has 1 aromatic heterocycles. The van der Waals surface area contributed by atoms with E-state index in [1.54, 1.807) is 0 Å². The zero-order chi connectivity index (χ0) is 19.5. The van der Waals surface area contributed by atoms with E-state index in [4.69, 9.17) is 0 Å². The molecular weight excluding hydrogens is 359 g/mol. The van der Waals surface area contributed by atoms with Crippen molar-refractivity contribution >= 4 is 11.6 Å². The Balaban J connectivity index is 1.76. The second-order valence-electron chi connectivity index (χ2n) is 6.32. The van der Waals surface area contributed by atoms with E-state index in [9.17, 15) is 23.1 Å². The molecule has 0 unspecified atom stereocenters. The van der Waals surface area contributed by atoms with Gasteiger partial charge in [-0.25, -0.2) is 0 Å². The first-order valence-electron chi connectivity index (χ1n) is 8.45. The molecular formula is C19H18F3N3O2. The van der Waals surface area contributed by atoms with Gasteiger partial charge in [-0.15, -0.1) is 0 Å². The number of hydrazone groups is 1. The molecule has 1 atom stereocenters. The summed E-state index contributed by atoms with van der Waals surface area (Å²) in [5.41, 5.74) is -1.98. The van der Waals surface area contributed by atoms with E-state index in [2.05, 4.69) is 10.1 Å². The summed E-state index contributed by atoms with van der Waals surface area (Å²) in [5, 5.41) is 14.3. The van der Waals surface area contributed by atoms with E-state index in [0.717, 1.165) is 5.56 Å². The third-order valence-electron chi connectivity index (χ3n) is 4.39. The number of aliphatic hydroxyl groups is 1. The van der Waals surface area contributed by atoms with Gasteiger partial charge in [0.2, 0.25) is 5.91 Å². The standard InChI is InChI=1S/C19H18F3N3O2/c20-19(21,22)18(27)13-16(15-9-11-23-12-10-15)24-25(18)17(26)8-4-7-14-5-2-1-3-6-14/h1-3,5-6,9-12,27H,4,7-8,13H2/t18-/m1/s1. The predicted molar refractivity (Wildman–Crippen MR) is 92.6 cm³/mol. The van der Waals surface area contributed by atoms with Crippen LogP contribution in [0.4, 0.5) is 13.2 Å². The highest BCUT2D eigenvalue weighted by atomic mass is 19.4. The Hall–Kier alpha value is -2.74. The lowest BCUT2D eigenvalue weighted by molar-refractivity contribution is -0.302. The lowest BCUT2D eigenvalue weighted by Crippen LogP contribution is -2.56. The number of aryl methyl sites for hydroxylation is 1. The first-order valence-corrected chi connectivity index (χ1v) is 8.45. The van der Waals surface area contributed by atoms with Gasteiger partial charge in [-0.3, -0.25) is 9.78 Å². The Bertz CT molecular complexity index is 825. The summed E-state index contributed by atoms with van der Waals surface area (Å²) in [4.78, 5) is 16.2. The molecule has 27 heavy (non-hydrogen) atoms. The minimum atomic E-state index is -5.03. The van der Waals surface area contributed by atoms with Gasteiger partial charge in [0, 0.05) is 24.4 Å². The molecule has 1 N–H and O–H groups in total. The Morgan fingerprint density at radius 1 is 1.15 bits per heavy atom. The molecule has 0 radical (unpaired) electrons. The second kappa shape index (κ2) is 7.48. The molecule has 2 aromatic rings. The van der Waals surface area contributed by atoms with Gasteiger partial charge in [-0.2, -0.15) is 23.3 Å². The average molecular weight is 377 g/mol. The van der Waals surface area contributed by atoms with Gasteiger partial charge in [0.05, 0.1) is 12.1 Å². The van der Waals surface area contributed by atoms with Crippen LogP contribution in [-0.4, -0.2) is 38.6 Å². The molecule has 1 aliphatic rings. The van der Waals surface area contributed by atoms with Crippen molar-refractivity contribution in [2.24, 2.45) is 5.10 Å². The number of hydrogen-bond donors (Lipinski definition) is 1. The predicted octanol–water partition coefficient (Wildman–Crippen LogP) is 3.29. The van der Waals surface area contributed by atoms with Gasteiger partial charge in [-0.1, -0.05) is 30.3 Å². The highest BCUT2D eigenvalue weighted by Gasteiger charge is 2.63. The molecule has 0 spiro atoms. The molecule has 3 rings (SSSR count). The number of nitrogens with zero attached hydrogens (tertiary/aromatic N) is 3. The van der Waals surface area contributed by atoms with Crippen molar-refractivity contribution in [2.75, 3.05) is 0 Å². The van der Waals surface area contributed by atoms with E-state index in [-0.39, 0.29) is 17.1 Å². The number of alkyl halides is 3. The maximum Gasteiger partial charge on any atom is 0.438 e. The molecule has 142 valence electrons. The van der Waals surface area contributed by atoms with Crippen molar-refractivity contribution in [3.63, 3.8) is 0 Å². The Kier molecular flexibility index (Phi) is 5.27. The molecule has 2 heterocycles. The largest absolute Gasteiger partial charge is 0.438 e. The number of hydrogen-bond acceptors (Lipinski definition) is 4. The van der Waals surface area contributed by atoms with Crippen LogP contribution in [0.1, 0.15) is 30.4 Å². The number of pyridine rings is 1. The Labute approximate surface area is 154 Å². The molecule has 1 aromatic carbocycles. The maximum atomic E-state index is 13.5. The number of halogens is 3. The first kappa shape index (κ1) is 19.0. The van der Waals surface area contributed by atoms with E-state index in [0.29, 0.717) is 18.4 Å². The maximum absolute atomic E-state index is 13.5. The number of carbonyl (C=O) groups excluding carboxylic acids is 1. The zero-order valence-electron chi connectivity index (χ0n) is 14.4. The number of amides is 1. The van der Waals surface area contributed by atoms with Crippen molar-refractivity contribution in [2.45, 2.75) is 37.6 Å². The SMILES string of the molecule is O=C(CCCc1ccccc1)N1N=C(c2ccncc2)C[C@@]1(O)C(F)(F)F. The normalized spacial score (nSPS) is 19.9. The Morgan fingerprint density at radius 3 is 2.44 bits per heavy atom. The highest BCUT2D eigenvalue weighted by molar-refractivity contribution is 6.03. The van der Waals surface area contributed by atoms with Gasteiger partial charge < -0.3 is 5.11 Å². The van der Waals surface area contributed by atoms with Crippen molar-refractivity contribution in [1.82, 2.24) is 9.99 Å². The smallest absolute Gasteiger partial charge is 0.362 e. The molecule has 0 fully saturated rings. The zero-order valence-corrected chi connectivity index (χ0v) is 14.4. The van der Waals surface area contributed by atoms with Crippen molar-refractivity contribution in [3.05, 3.63) is 66.0 Å². The number of carbonyl (C=O) groups is 1. The highest BCUT2D eigenvalue weighted by Crippen LogP contribution is 2.41. The van der Waals surface area contributed by atoms with E-state index < -0.39 is 24.2 Å². The summed E-state index contributed by atoms with van der Waals surface area (Å²) in [7, 11) is 0. The van der Waals surface area contributed by atoms with Gasteiger partial charge in [0.1, 0.15) is 0 Å². The first-order chi connectivity index (χ1) is 12.8. The van der Waals surface area contributed by atoms with E-state index >= 15 is 0 Å². The third-order valence-corrected chi connectivity index (χ3v) is 4.39. The monoisotopic (exact) mass is 377 g/mol. The Morgan fingerprint density at radius 2 is 1.81 bits per heavy atom. The summed E-state index contributed by atoms with van der Waals surface area (Å²) in [5.74, 6) is -0.866. The minimum Gasteiger partial charge on any atom is -0.362 e. The van der Waals surface area contributed by atoms with Crippen LogP contribution in [0, 0.1) is 0 Å². The molecule has 1 aliphatic heterocycles. The van der Waals surface area contributed by atoms with Crippen LogP contribution in [-0.2, 0) is 11.2 Å². The van der Waals surface area contributed by atoms with Crippen LogP contribution in [0.25, 0.3) is 0 Å². The summed E-state index contributed by atoms with van der Waals surface area (Å²) in [6.07, 6.45) is -2.27. The van der Waals surface area contributed by atoms with Gasteiger partial charge >= 0.3 is 6.18 Å². The van der Waals surface area contributed by atoms with Crippen LogP contribution < -0.4 is 0 Å². The van der Waals surface area contributed by atoms with Gasteiger partial charge in [0.15, 0.2) is 0 Å². The molecule has 5 nitrogen and oxygen atoms in total. The van der Waals surface area contributed by atoms with E-state index in [1.807, 2.05) is 30.3 Å². The van der Waals surface area contributed by atoms with Crippen LogP contribution in [0.5, 0.6) is 0 Å². The topological polar surface area (TPSA) is 65.8 Å². The molecule has 0 bridgehead atoms. The molecule has 8 heteroatoms. The minimum absolute atomic E-state index is 0.00589. The van der Waals surface area contributed by atoms with E-state index in [1.165, 1.54) is 24.5 Å². The number of aromatic nitrogens is 1. The molecule has 1 amide bonds. The number of benzene rings is 1. The summed E-state index contributed by atoms with van der Waals surface area (Å²) in [6.45, 7) is 0. The quantitative estimate of drug-likeness (QED) is 0.870. The third kappa shape index (κ3) is 4.00.